The molecule has 0 aliphatic heterocycles. The summed E-state index contributed by atoms with van der Waals surface area (Å²) in [4.78, 5) is 11.5. The maximum Gasteiger partial charge on any atom is 0.335 e. The van der Waals surface area contributed by atoms with E-state index < -0.39 is 15.6 Å². The van der Waals surface area contributed by atoms with E-state index in [2.05, 4.69) is 18.6 Å². The molecule has 4 aliphatic carbocycles. The lowest BCUT2D eigenvalue weighted by molar-refractivity contribution is -0.201. The zero-order chi connectivity index (χ0) is 24.4. The molecule has 1 aromatic heterocycles. The molecular formula is C26H39NO6S. The quantitative estimate of drug-likeness (QED) is 0.580. The van der Waals surface area contributed by atoms with Crippen LogP contribution in [0.2, 0.25) is 0 Å². The second-order valence-electron chi connectivity index (χ2n) is 12.0. The number of rotatable bonds is 5. The lowest BCUT2D eigenvalue weighted by atomic mass is 9.43. The molecular weight excluding hydrogens is 454 g/mol. The Morgan fingerprint density at radius 3 is 2.56 bits per heavy atom. The molecule has 0 radical (unpaired) electrons. The number of hydrogen-bond acceptors (Lipinski definition) is 6. The lowest BCUT2D eigenvalue weighted by Crippen LogP contribution is -2.62. The molecule has 34 heavy (non-hydrogen) atoms. The minimum absolute atomic E-state index is 0.0632. The fourth-order valence-electron chi connectivity index (χ4n) is 8.87. The predicted molar refractivity (Wildman–Crippen MR) is 129 cm³/mol. The second kappa shape index (κ2) is 8.43. The molecule has 0 aromatic carbocycles. The number of aliphatic hydroxyl groups excluding tert-OH is 1. The molecule has 0 amide bonds. The molecule has 4 saturated carbocycles. The van der Waals surface area contributed by atoms with Crippen LogP contribution in [0.15, 0.2) is 27.6 Å². The van der Waals surface area contributed by atoms with Crippen molar-refractivity contribution in [3.8, 4) is 0 Å². The molecule has 0 spiro atoms. The highest BCUT2D eigenvalue weighted by Gasteiger charge is 2.67. The first-order valence-electron chi connectivity index (χ1n) is 12.9. The van der Waals surface area contributed by atoms with Crippen molar-refractivity contribution in [2.75, 3.05) is 12.4 Å². The minimum Gasteiger partial charge on any atom is -0.431 e. The summed E-state index contributed by atoms with van der Waals surface area (Å²) in [6.45, 7) is 4.27. The smallest absolute Gasteiger partial charge is 0.335 e. The fraction of sp³-hybridized carbons (Fsp3) is 0.808. The normalized spacial score (nSPS) is 44.2. The van der Waals surface area contributed by atoms with E-state index in [9.17, 15) is 18.3 Å². The van der Waals surface area contributed by atoms with Crippen LogP contribution in [0.25, 0.3) is 0 Å². The number of fused-ring (bicyclic) bond motifs is 5. The topological polar surface area (TPSA) is 117 Å². The van der Waals surface area contributed by atoms with E-state index >= 15 is 0 Å². The molecule has 7 nitrogen and oxygen atoms in total. The Kier molecular flexibility index (Phi) is 6.06. The van der Waals surface area contributed by atoms with Crippen molar-refractivity contribution in [3.63, 3.8) is 0 Å². The van der Waals surface area contributed by atoms with Crippen molar-refractivity contribution in [3.05, 3.63) is 34.4 Å². The van der Waals surface area contributed by atoms with Crippen LogP contribution in [0.5, 0.6) is 0 Å². The maximum absolute atomic E-state index is 12.3. The van der Waals surface area contributed by atoms with Gasteiger partial charge in [0.05, 0.1) is 24.2 Å². The zero-order valence-corrected chi connectivity index (χ0v) is 21.1. The van der Waals surface area contributed by atoms with Gasteiger partial charge in [0.15, 0.2) is 0 Å². The van der Waals surface area contributed by atoms with Crippen molar-refractivity contribution >= 4 is 10.0 Å². The third-order valence-electron chi connectivity index (χ3n) is 10.7. The van der Waals surface area contributed by atoms with E-state index in [-0.39, 0.29) is 46.7 Å². The fourth-order valence-corrected chi connectivity index (χ4v) is 9.95. The molecule has 1 heterocycles. The van der Waals surface area contributed by atoms with E-state index in [1.165, 1.54) is 6.07 Å². The van der Waals surface area contributed by atoms with Crippen LogP contribution in [0.3, 0.4) is 0 Å². The van der Waals surface area contributed by atoms with Gasteiger partial charge in [0.25, 0.3) is 0 Å². The standard InChI is InChI=1S/C26H39NO6S/c1-24-10-7-19(27-34(31,32)14-13-28)15-18(24)4-5-22-21(24)8-11-25(2)20(9-12-26(22,25)30)17-3-6-23(29)33-16-17/h3,6,16,18-22,27-28,30H,4-5,7-15H2,1-2H3/t18-,19+,20-,21+,22-,24+,25-,26+/m1/s1. The van der Waals surface area contributed by atoms with E-state index in [4.69, 9.17) is 9.52 Å². The Morgan fingerprint density at radius 2 is 1.85 bits per heavy atom. The second-order valence-corrected chi connectivity index (χ2v) is 13.9. The molecule has 4 fully saturated rings. The minimum atomic E-state index is -3.44. The van der Waals surface area contributed by atoms with E-state index in [0.717, 1.165) is 63.4 Å². The Balaban J connectivity index is 1.36. The summed E-state index contributed by atoms with van der Waals surface area (Å²) in [7, 11) is -3.44. The molecule has 190 valence electrons. The first-order valence-corrected chi connectivity index (χ1v) is 14.6. The largest absolute Gasteiger partial charge is 0.431 e. The van der Waals surface area contributed by atoms with Gasteiger partial charge in [-0.3, -0.25) is 0 Å². The van der Waals surface area contributed by atoms with Gasteiger partial charge in [0.1, 0.15) is 0 Å². The summed E-state index contributed by atoms with van der Waals surface area (Å²) in [5, 5.41) is 21.4. The number of nitrogens with one attached hydrogen (secondary N) is 1. The summed E-state index contributed by atoms with van der Waals surface area (Å²) in [5.41, 5.74) is -0.187. The van der Waals surface area contributed by atoms with Crippen LogP contribution in [-0.4, -0.2) is 42.6 Å². The molecule has 5 rings (SSSR count). The highest BCUT2D eigenvalue weighted by atomic mass is 32.2. The van der Waals surface area contributed by atoms with Gasteiger partial charge in [-0.2, -0.15) is 0 Å². The van der Waals surface area contributed by atoms with Crippen molar-refractivity contribution < 1.29 is 23.0 Å². The Morgan fingerprint density at radius 1 is 1.06 bits per heavy atom. The van der Waals surface area contributed by atoms with Crippen LogP contribution >= 0.6 is 0 Å². The van der Waals surface area contributed by atoms with Crippen molar-refractivity contribution in [2.24, 2.45) is 28.6 Å². The van der Waals surface area contributed by atoms with E-state index in [0.29, 0.717) is 11.8 Å². The Bertz CT molecular complexity index is 1070. The van der Waals surface area contributed by atoms with Crippen LogP contribution in [0.4, 0.5) is 0 Å². The molecule has 1 aromatic rings. The summed E-state index contributed by atoms with van der Waals surface area (Å²) in [6, 6.07) is 3.30. The Hall–Kier alpha value is -1.22. The predicted octanol–water partition coefficient (Wildman–Crippen LogP) is 3.16. The Labute approximate surface area is 202 Å². The van der Waals surface area contributed by atoms with Crippen molar-refractivity contribution in [1.29, 1.82) is 0 Å². The molecule has 0 unspecified atom stereocenters. The summed E-state index contributed by atoms with van der Waals surface area (Å²) < 4.78 is 32.4. The van der Waals surface area contributed by atoms with Gasteiger partial charge in [-0.15, -0.1) is 0 Å². The van der Waals surface area contributed by atoms with Gasteiger partial charge in [0.2, 0.25) is 10.0 Å². The highest BCUT2D eigenvalue weighted by Crippen LogP contribution is 2.70. The third kappa shape index (κ3) is 3.71. The number of sulfonamides is 1. The van der Waals surface area contributed by atoms with Gasteiger partial charge >= 0.3 is 5.63 Å². The van der Waals surface area contributed by atoms with Crippen molar-refractivity contribution in [1.82, 2.24) is 4.72 Å². The molecule has 3 N–H and O–H groups in total. The first-order chi connectivity index (χ1) is 16.0. The van der Waals surface area contributed by atoms with Crippen LogP contribution in [-0.2, 0) is 10.0 Å². The van der Waals surface area contributed by atoms with E-state index in [1.807, 2.05) is 6.07 Å². The van der Waals surface area contributed by atoms with Crippen LogP contribution in [0, 0.1) is 28.6 Å². The summed E-state index contributed by atoms with van der Waals surface area (Å²) >= 11 is 0. The zero-order valence-electron chi connectivity index (χ0n) is 20.3. The SMILES string of the molecule is C[C@]12CC[C@H](NS(=O)(=O)CCO)C[C@H]1CC[C@@H]1[C@@H]2CC[C@]2(C)[C@@H](c3ccc(=O)oc3)CC[C@]12O. The molecule has 0 saturated heterocycles. The number of hydrogen-bond donors (Lipinski definition) is 3. The summed E-state index contributed by atoms with van der Waals surface area (Å²) in [5.74, 6) is 1.07. The molecule has 0 bridgehead atoms. The first kappa shape index (κ1) is 24.5. The lowest BCUT2D eigenvalue weighted by Gasteiger charge is -2.63. The molecule has 8 heteroatoms. The monoisotopic (exact) mass is 493 g/mol. The van der Waals surface area contributed by atoms with Gasteiger partial charge in [-0.05, 0) is 98.5 Å². The average Bonchev–Trinajstić information content (AvgIpc) is 3.06. The number of aliphatic hydroxyl groups is 2. The summed E-state index contributed by atoms with van der Waals surface area (Å²) in [6.07, 6.45) is 9.89. The van der Waals surface area contributed by atoms with Gasteiger partial charge in [-0.25, -0.2) is 17.9 Å². The third-order valence-corrected chi connectivity index (χ3v) is 12.1. The van der Waals surface area contributed by atoms with Gasteiger partial charge in [-0.1, -0.05) is 13.8 Å². The van der Waals surface area contributed by atoms with Crippen LogP contribution < -0.4 is 10.3 Å². The molecule has 8 atom stereocenters. The highest BCUT2D eigenvalue weighted by molar-refractivity contribution is 7.89. The van der Waals surface area contributed by atoms with E-state index in [1.54, 1.807) is 6.26 Å². The van der Waals surface area contributed by atoms with Crippen LogP contribution in [0.1, 0.15) is 83.1 Å². The van der Waals surface area contributed by atoms with Gasteiger partial charge < -0.3 is 14.6 Å². The average molecular weight is 494 g/mol. The van der Waals surface area contributed by atoms with Gasteiger partial charge in [0, 0.05) is 17.5 Å². The molecule has 4 aliphatic rings. The van der Waals surface area contributed by atoms with Crippen molar-refractivity contribution in [2.45, 2.75) is 89.2 Å². The maximum atomic E-state index is 12.3.